The number of likely N-dealkylation sites (tertiary alicyclic amines) is 1. The fourth-order valence-corrected chi connectivity index (χ4v) is 3.96. The van der Waals surface area contributed by atoms with Crippen molar-refractivity contribution in [1.29, 1.82) is 0 Å². The maximum Gasteiger partial charge on any atom is 0.275 e. The number of anilines is 1. The third-order valence-corrected chi connectivity index (χ3v) is 5.59. The van der Waals surface area contributed by atoms with Crippen LogP contribution in [0.5, 0.6) is 0 Å². The predicted octanol–water partition coefficient (Wildman–Crippen LogP) is 3.27. The van der Waals surface area contributed by atoms with Crippen molar-refractivity contribution in [3.63, 3.8) is 0 Å². The maximum absolute atomic E-state index is 12.3. The number of hydrogen-bond donors (Lipinski definition) is 2. The van der Waals surface area contributed by atoms with Crippen LogP contribution in [0.4, 0.5) is 5.69 Å². The van der Waals surface area contributed by atoms with Crippen LogP contribution in [0.25, 0.3) is 0 Å². The van der Waals surface area contributed by atoms with E-state index in [0.717, 1.165) is 17.2 Å². The molecule has 1 unspecified atom stereocenters. The van der Waals surface area contributed by atoms with E-state index in [4.69, 9.17) is 5.73 Å². The van der Waals surface area contributed by atoms with Crippen molar-refractivity contribution in [1.82, 2.24) is 9.88 Å². The second-order valence-electron chi connectivity index (χ2n) is 6.63. The number of amides is 1. The van der Waals surface area contributed by atoms with E-state index in [-0.39, 0.29) is 5.91 Å². The number of thiazole rings is 1. The number of carbonyl (C=O) groups excluding carboxylic acids is 1. The minimum Gasteiger partial charge on any atom is -0.330 e. The molecule has 1 fully saturated rings. The zero-order valence-corrected chi connectivity index (χ0v) is 15.5. The number of hydrogen-bond acceptors (Lipinski definition) is 5. The highest BCUT2D eigenvalue weighted by molar-refractivity contribution is 7.09. The second-order valence-corrected chi connectivity index (χ2v) is 7.57. The average molecular weight is 359 g/mol. The predicted molar refractivity (Wildman–Crippen MR) is 103 cm³/mol. The molecular formula is C19H26N4OS. The minimum absolute atomic E-state index is 0.170. The van der Waals surface area contributed by atoms with Gasteiger partial charge < -0.3 is 11.1 Å². The van der Waals surface area contributed by atoms with Gasteiger partial charge in [-0.25, -0.2) is 4.98 Å². The fourth-order valence-electron chi connectivity index (χ4n) is 3.17. The second kappa shape index (κ2) is 8.56. The summed E-state index contributed by atoms with van der Waals surface area (Å²) in [5, 5.41) is 5.60. The number of nitrogens with two attached hydrogens (primary N) is 1. The van der Waals surface area contributed by atoms with Crippen LogP contribution >= 0.6 is 11.3 Å². The SMILES string of the molecule is CC1CCCCN1Cc1ccc(NC(=O)c2csc(CCN)n2)cc1. The Morgan fingerprint density at radius 2 is 2.16 bits per heavy atom. The Morgan fingerprint density at radius 3 is 2.88 bits per heavy atom. The van der Waals surface area contributed by atoms with Crippen LogP contribution in [0.2, 0.25) is 0 Å². The van der Waals surface area contributed by atoms with Gasteiger partial charge in [0.15, 0.2) is 0 Å². The largest absolute Gasteiger partial charge is 0.330 e. The van der Waals surface area contributed by atoms with Crippen molar-refractivity contribution >= 4 is 22.9 Å². The lowest BCUT2D eigenvalue weighted by Gasteiger charge is -2.33. The van der Waals surface area contributed by atoms with E-state index in [1.807, 2.05) is 12.1 Å². The third kappa shape index (κ3) is 4.87. The zero-order valence-electron chi connectivity index (χ0n) is 14.7. The first-order valence-electron chi connectivity index (χ1n) is 8.94. The molecule has 3 rings (SSSR count). The first kappa shape index (κ1) is 18.0. The molecular weight excluding hydrogens is 332 g/mol. The van der Waals surface area contributed by atoms with Gasteiger partial charge in [0.25, 0.3) is 5.91 Å². The Labute approximate surface area is 153 Å². The molecule has 1 saturated heterocycles. The van der Waals surface area contributed by atoms with E-state index >= 15 is 0 Å². The average Bonchev–Trinajstić information content (AvgIpc) is 3.08. The molecule has 0 saturated carbocycles. The van der Waals surface area contributed by atoms with Gasteiger partial charge in [-0.05, 0) is 50.6 Å². The van der Waals surface area contributed by atoms with E-state index in [1.165, 1.54) is 42.7 Å². The normalized spacial score (nSPS) is 18.2. The Kier molecular flexibility index (Phi) is 6.18. The Morgan fingerprint density at radius 1 is 1.36 bits per heavy atom. The minimum atomic E-state index is -0.170. The first-order chi connectivity index (χ1) is 12.2. The van der Waals surface area contributed by atoms with E-state index < -0.39 is 0 Å². The molecule has 6 heteroatoms. The van der Waals surface area contributed by atoms with Crippen LogP contribution in [0, 0.1) is 0 Å². The third-order valence-electron chi connectivity index (χ3n) is 4.68. The molecule has 3 N–H and O–H groups in total. The summed E-state index contributed by atoms with van der Waals surface area (Å²) in [6, 6.07) is 8.78. The molecule has 1 aromatic carbocycles. The van der Waals surface area contributed by atoms with Crippen LogP contribution < -0.4 is 11.1 Å². The Bertz CT molecular complexity index is 698. The summed E-state index contributed by atoms with van der Waals surface area (Å²) in [6.07, 6.45) is 4.63. The van der Waals surface area contributed by atoms with Crippen LogP contribution in [-0.2, 0) is 13.0 Å². The number of carbonyl (C=O) groups is 1. The highest BCUT2D eigenvalue weighted by atomic mass is 32.1. The molecule has 1 aliphatic rings. The Hall–Kier alpha value is -1.76. The highest BCUT2D eigenvalue weighted by Gasteiger charge is 2.18. The molecule has 0 radical (unpaired) electrons. The van der Waals surface area contributed by atoms with Gasteiger partial charge in [-0.3, -0.25) is 9.69 Å². The van der Waals surface area contributed by atoms with Crippen LogP contribution in [0.3, 0.4) is 0 Å². The number of aromatic nitrogens is 1. The smallest absolute Gasteiger partial charge is 0.275 e. The molecule has 1 amide bonds. The van der Waals surface area contributed by atoms with E-state index in [0.29, 0.717) is 24.7 Å². The van der Waals surface area contributed by atoms with Crippen LogP contribution in [0.15, 0.2) is 29.6 Å². The highest BCUT2D eigenvalue weighted by Crippen LogP contribution is 2.20. The molecule has 25 heavy (non-hydrogen) atoms. The zero-order chi connectivity index (χ0) is 17.6. The molecule has 1 aromatic heterocycles. The van der Waals surface area contributed by atoms with Crippen molar-refractivity contribution in [2.75, 3.05) is 18.4 Å². The number of nitrogens with zero attached hydrogens (tertiary/aromatic N) is 2. The first-order valence-corrected chi connectivity index (χ1v) is 9.82. The molecule has 1 atom stereocenters. The molecule has 0 aliphatic carbocycles. The van der Waals surface area contributed by atoms with Crippen molar-refractivity contribution in [2.45, 2.75) is 45.2 Å². The lowest BCUT2D eigenvalue weighted by Crippen LogP contribution is -2.36. The quantitative estimate of drug-likeness (QED) is 0.831. The molecule has 0 spiro atoms. The van der Waals surface area contributed by atoms with Gasteiger partial charge in [-0.1, -0.05) is 18.6 Å². The number of nitrogens with one attached hydrogen (secondary N) is 1. The molecule has 5 nitrogen and oxygen atoms in total. The van der Waals surface area contributed by atoms with E-state index in [9.17, 15) is 4.79 Å². The van der Waals surface area contributed by atoms with E-state index in [1.54, 1.807) is 5.38 Å². The van der Waals surface area contributed by atoms with Gasteiger partial charge in [0.05, 0.1) is 5.01 Å². The lowest BCUT2D eigenvalue weighted by molar-refractivity contribution is 0.102. The van der Waals surface area contributed by atoms with Crippen LogP contribution in [-0.4, -0.2) is 34.9 Å². The molecule has 2 heterocycles. The molecule has 134 valence electrons. The van der Waals surface area contributed by atoms with Crippen molar-refractivity contribution in [3.8, 4) is 0 Å². The van der Waals surface area contributed by atoms with Gasteiger partial charge in [-0.2, -0.15) is 0 Å². The molecule has 2 aromatic rings. The van der Waals surface area contributed by atoms with E-state index in [2.05, 4.69) is 34.3 Å². The molecule has 1 aliphatic heterocycles. The van der Waals surface area contributed by atoms with Crippen molar-refractivity contribution in [2.24, 2.45) is 5.73 Å². The summed E-state index contributed by atoms with van der Waals surface area (Å²) >= 11 is 1.48. The van der Waals surface area contributed by atoms with Gasteiger partial charge in [0, 0.05) is 30.1 Å². The standard InChI is InChI=1S/C19H26N4OS/c1-14-4-2-3-11-23(14)12-15-5-7-16(8-6-15)21-19(24)17-13-25-18(22-17)9-10-20/h5-8,13-14H,2-4,9-12,20H2,1H3,(H,21,24). The molecule has 0 bridgehead atoms. The van der Waals surface area contributed by atoms with Gasteiger partial charge >= 0.3 is 0 Å². The number of piperidine rings is 1. The lowest BCUT2D eigenvalue weighted by atomic mass is 10.0. The summed E-state index contributed by atoms with van der Waals surface area (Å²) in [6.45, 7) is 5.00. The van der Waals surface area contributed by atoms with Crippen molar-refractivity contribution in [3.05, 3.63) is 45.9 Å². The summed E-state index contributed by atoms with van der Waals surface area (Å²) in [5.74, 6) is -0.170. The van der Waals surface area contributed by atoms with Gasteiger partial charge in [-0.15, -0.1) is 11.3 Å². The number of rotatable bonds is 6. The van der Waals surface area contributed by atoms with Crippen LogP contribution in [0.1, 0.15) is 47.2 Å². The topological polar surface area (TPSA) is 71.2 Å². The maximum atomic E-state index is 12.3. The summed E-state index contributed by atoms with van der Waals surface area (Å²) in [7, 11) is 0. The summed E-state index contributed by atoms with van der Waals surface area (Å²) in [4.78, 5) is 19.1. The van der Waals surface area contributed by atoms with Crippen molar-refractivity contribution < 1.29 is 4.79 Å². The fraction of sp³-hybridized carbons (Fsp3) is 0.474. The monoisotopic (exact) mass is 358 g/mol. The Balaban J connectivity index is 1.57. The van der Waals surface area contributed by atoms with Gasteiger partial charge in [0.2, 0.25) is 0 Å². The van der Waals surface area contributed by atoms with Gasteiger partial charge in [0.1, 0.15) is 5.69 Å². The summed E-state index contributed by atoms with van der Waals surface area (Å²) < 4.78 is 0. The number of benzene rings is 1. The summed E-state index contributed by atoms with van der Waals surface area (Å²) in [5.41, 5.74) is 8.06.